The Labute approximate surface area is 118 Å². The fourth-order valence-corrected chi connectivity index (χ4v) is 4.82. The van der Waals surface area contributed by atoms with Gasteiger partial charge in [-0.05, 0) is 36.5 Å². The summed E-state index contributed by atoms with van der Waals surface area (Å²) < 4.78 is 0. The molecule has 2 aliphatic carbocycles. The minimum absolute atomic E-state index is 0.0410. The summed E-state index contributed by atoms with van der Waals surface area (Å²) in [6, 6.07) is 2.49. The van der Waals surface area contributed by atoms with Crippen LogP contribution in [0.1, 0.15) is 39.5 Å². The van der Waals surface area contributed by atoms with Crippen LogP contribution in [0.25, 0.3) is 0 Å². The van der Waals surface area contributed by atoms with Gasteiger partial charge in [0.25, 0.3) is 0 Å². The number of allylic oxidation sites excluding steroid dienone is 1. The third-order valence-corrected chi connectivity index (χ3v) is 6.82. The molecule has 0 amide bonds. The molecule has 0 heterocycles. The summed E-state index contributed by atoms with van der Waals surface area (Å²) in [5.74, 6) is 0.946. The summed E-state index contributed by atoms with van der Waals surface area (Å²) in [6.07, 6.45) is 5.23. The van der Waals surface area contributed by atoms with Crippen LogP contribution in [0.5, 0.6) is 0 Å². The molecule has 2 rings (SSSR count). The molecule has 0 aromatic rings. The van der Waals surface area contributed by atoms with E-state index in [-0.39, 0.29) is 21.9 Å². The average molecular weight is 310 g/mol. The highest BCUT2D eigenvalue weighted by molar-refractivity contribution is 9.10. The standard InChI is InChI=1S/C15H20BrNO/c1-4-14(3)10(2)7-8-15(9-17)12(14)6-5-11(18)13(15)16/h4,10,12-13H,1,5-8H2,2-3H3/t10-,12-,13-,14+,15+/m1/s1. The number of ketones is 1. The zero-order chi connectivity index (χ0) is 13.6. The average Bonchev–Trinajstić information content (AvgIpc) is 2.38. The van der Waals surface area contributed by atoms with Crippen LogP contribution in [0.2, 0.25) is 0 Å². The molecule has 18 heavy (non-hydrogen) atoms. The van der Waals surface area contributed by atoms with Crippen molar-refractivity contribution in [3.8, 4) is 6.07 Å². The number of hydrogen-bond donors (Lipinski definition) is 0. The summed E-state index contributed by atoms with van der Waals surface area (Å²) in [5, 5.41) is 9.71. The Bertz CT molecular complexity index is 427. The van der Waals surface area contributed by atoms with Gasteiger partial charge in [-0.2, -0.15) is 5.26 Å². The molecule has 0 aromatic heterocycles. The molecule has 0 N–H and O–H groups in total. The van der Waals surface area contributed by atoms with Crippen molar-refractivity contribution in [3.63, 3.8) is 0 Å². The topological polar surface area (TPSA) is 40.9 Å². The molecule has 3 heteroatoms. The van der Waals surface area contributed by atoms with Crippen molar-refractivity contribution in [1.29, 1.82) is 5.26 Å². The van der Waals surface area contributed by atoms with Crippen molar-refractivity contribution in [2.24, 2.45) is 22.7 Å². The molecule has 2 saturated carbocycles. The molecule has 0 bridgehead atoms. The van der Waals surface area contributed by atoms with Crippen LogP contribution in [-0.4, -0.2) is 10.6 Å². The summed E-state index contributed by atoms with van der Waals surface area (Å²) in [7, 11) is 0. The molecule has 2 aliphatic rings. The number of halogens is 1. The number of fused-ring (bicyclic) bond motifs is 1. The van der Waals surface area contributed by atoms with Crippen LogP contribution in [0, 0.1) is 34.0 Å². The predicted molar refractivity (Wildman–Crippen MR) is 75.2 cm³/mol. The lowest BCUT2D eigenvalue weighted by Gasteiger charge is -2.56. The third-order valence-electron chi connectivity index (χ3n) is 5.49. The first-order chi connectivity index (χ1) is 8.42. The number of carbonyl (C=O) groups excluding carboxylic acids is 1. The second-order valence-corrected chi connectivity index (χ2v) is 7.00. The summed E-state index contributed by atoms with van der Waals surface area (Å²) in [5.41, 5.74) is -0.578. The Kier molecular flexibility index (Phi) is 3.44. The minimum Gasteiger partial charge on any atom is -0.298 e. The Morgan fingerprint density at radius 1 is 1.56 bits per heavy atom. The second kappa shape index (κ2) is 4.49. The first-order valence-corrected chi connectivity index (χ1v) is 7.55. The van der Waals surface area contributed by atoms with Crippen LogP contribution in [0.3, 0.4) is 0 Å². The van der Waals surface area contributed by atoms with Gasteiger partial charge in [0.2, 0.25) is 0 Å². The Morgan fingerprint density at radius 3 is 2.78 bits per heavy atom. The van der Waals surface area contributed by atoms with Crippen molar-refractivity contribution in [2.75, 3.05) is 0 Å². The highest BCUT2D eigenvalue weighted by Crippen LogP contribution is 2.60. The predicted octanol–water partition coefficient (Wildman–Crippen LogP) is 3.86. The van der Waals surface area contributed by atoms with Gasteiger partial charge in [-0.25, -0.2) is 0 Å². The molecule has 0 unspecified atom stereocenters. The zero-order valence-corrected chi connectivity index (χ0v) is 12.7. The van der Waals surface area contributed by atoms with Gasteiger partial charge in [0.15, 0.2) is 0 Å². The van der Waals surface area contributed by atoms with Crippen molar-refractivity contribution in [1.82, 2.24) is 0 Å². The van der Waals surface area contributed by atoms with E-state index in [1.54, 1.807) is 0 Å². The summed E-state index contributed by atoms with van der Waals surface area (Å²) >= 11 is 3.51. The first-order valence-electron chi connectivity index (χ1n) is 6.64. The molecule has 0 aliphatic heterocycles. The lowest BCUT2D eigenvalue weighted by Crippen LogP contribution is -2.56. The van der Waals surface area contributed by atoms with Gasteiger partial charge in [0.05, 0.1) is 16.3 Å². The molecule has 0 spiro atoms. The fraction of sp³-hybridized carbons (Fsp3) is 0.733. The quantitative estimate of drug-likeness (QED) is 0.545. The van der Waals surface area contributed by atoms with Crippen LogP contribution >= 0.6 is 15.9 Å². The van der Waals surface area contributed by atoms with E-state index in [1.165, 1.54) is 0 Å². The number of alkyl halides is 1. The van der Waals surface area contributed by atoms with E-state index in [0.717, 1.165) is 19.3 Å². The van der Waals surface area contributed by atoms with Gasteiger partial charge < -0.3 is 0 Å². The number of Topliss-reactive ketones (excluding diaryl/α,β-unsaturated/α-hetero) is 1. The van der Waals surface area contributed by atoms with Gasteiger partial charge in [-0.15, -0.1) is 6.58 Å². The fourth-order valence-electron chi connectivity index (χ4n) is 3.95. The van der Waals surface area contributed by atoms with Crippen LogP contribution in [0.4, 0.5) is 0 Å². The Morgan fingerprint density at radius 2 is 2.22 bits per heavy atom. The van der Waals surface area contributed by atoms with Crippen molar-refractivity contribution in [3.05, 3.63) is 12.7 Å². The van der Waals surface area contributed by atoms with Gasteiger partial charge >= 0.3 is 0 Å². The lowest BCUT2D eigenvalue weighted by molar-refractivity contribution is -0.128. The number of hydrogen-bond acceptors (Lipinski definition) is 2. The largest absolute Gasteiger partial charge is 0.298 e. The van der Waals surface area contributed by atoms with E-state index < -0.39 is 5.41 Å². The Hall–Kier alpha value is -0.620. The molecule has 98 valence electrons. The van der Waals surface area contributed by atoms with E-state index in [9.17, 15) is 10.1 Å². The van der Waals surface area contributed by atoms with Gasteiger partial charge in [0, 0.05) is 6.42 Å². The molecular weight excluding hydrogens is 290 g/mol. The zero-order valence-electron chi connectivity index (χ0n) is 11.1. The normalized spacial score (nSPS) is 48.1. The summed E-state index contributed by atoms with van der Waals surface area (Å²) in [6.45, 7) is 8.44. The highest BCUT2D eigenvalue weighted by atomic mass is 79.9. The van der Waals surface area contributed by atoms with Crippen molar-refractivity contribution >= 4 is 21.7 Å². The molecule has 0 radical (unpaired) electrons. The number of nitriles is 1. The van der Waals surface area contributed by atoms with Crippen LogP contribution in [-0.2, 0) is 4.79 Å². The molecule has 2 nitrogen and oxygen atoms in total. The van der Waals surface area contributed by atoms with Crippen LogP contribution in [0.15, 0.2) is 12.7 Å². The van der Waals surface area contributed by atoms with E-state index in [1.807, 2.05) is 6.08 Å². The number of rotatable bonds is 1. The van der Waals surface area contributed by atoms with E-state index in [4.69, 9.17) is 0 Å². The lowest BCUT2D eigenvalue weighted by atomic mass is 9.48. The Balaban J connectivity index is 2.51. The molecule has 2 fully saturated rings. The molecule has 0 saturated heterocycles. The number of carbonyl (C=O) groups is 1. The SMILES string of the molecule is C=C[C@@]1(C)[C@H](C)CC[C@@]2(C#N)[C@H](Br)C(=O)CC[C@H]12. The maximum atomic E-state index is 12.0. The van der Waals surface area contributed by atoms with Gasteiger partial charge in [0.1, 0.15) is 5.78 Å². The smallest absolute Gasteiger partial charge is 0.148 e. The summed E-state index contributed by atoms with van der Waals surface area (Å²) in [4.78, 5) is 11.7. The van der Waals surface area contributed by atoms with Crippen molar-refractivity contribution in [2.45, 2.75) is 44.4 Å². The second-order valence-electron chi connectivity index (χ2n) is 6.08. The third kappa shape index (κ3) is 1.61. The maximum absolute atomic E-state index is 12.0. The van der Waals surface area contributed by atoms with E-state index >= 15 is 0 Å². The number of nitrogens with zero attached hydrogens (tertiary/aromatic N) is 1. The molecular formula is C15H20BrNO. The molecule has 0 aromatic carbocycles. The maximum Gasteiger partial charge on any atom is 0.148 e. The highest BCUT2D eigenvalue weighted by Gasteiger charge is 2.59. The first kappa shape index (κ1) is 13.8. The van der Waals surface area contributed by atoms with Gasteiger partial charge in [-0.1, -0.05) is 35.9 Å². The minimum atomic E-state index is -0.537. The molecule has 5 atom stereocenters. The van der Waals surface area contributed by atoms with E-state index in [2.05, 4.69) is 42.4 Å². The monoisotopic (exact) mass is 309 g/mol. The van der Waals surface area contributed by atoms with Crippen molar-refractivity contribution < 1.29 is 4.79 Å². The van der Waals surface area contributed by atoms with E-state index in [0.29, 0.717) is 12.3 Å². The van der Waals surface area contributed by atoms with Gasteiger partial charge in [-0.3, -0.25) is 4.79 Å². The van der Waals surface area contributed by atoms with Crippen LogP contribution < -0.4 is 0 Å².